The van der Waals surface area contributed by atoms with Crippen molar-refractivity contribution in [1.29, 1.82) is 0 Å². The molecule has 0 radical (unpaired) electrons. The number of rotatable bonds is 19. The van der Waals surface area contributed by atoms with Gasteiger partial charge in [-0.05, 0) is 32.1 Å². The van der Waals surface area contributed by atoms with E-state index in [1.54, 1.807) is 0 Å². The maximum Gasteiger partial charge on any atom is 0.472 e. The Kier molecular flexibility index (Phi) is 18.7. The van der Waals surface area contributed by atoms with Gasteiger partial charge in [-0.15, -0.1) is 0 Å². The summed E-state index contributed by atoms with van der Waals surface area (Å²) in [6.07, 6.45) is 14.4. The van der Waals surface area contributed by atoms with E-state index in [1.165, 1.54) is 25.7 Å². The molecule has 0 spiro atoms. The number of phosphoric acid groups is 1. The van der Waals surface area contributed by atoms with Crippen LogP contribution in [0.2, 0.25) is 0 Å². The first-order valence-electron chi connectivity index (χ1n) is 10.9. The minimum absolute atomic E-state index is 0. The second kappa shape index (κ2) is 17.9. The number of carboxylic acid groups (broad SMARTS) is 1. The average Bonchev–Trinajstić information content (AvgIpc) is 2.56. The zero-order valence-corrected chi connectivity index (χ0v) is 20.2. The zero-order chi connectivity index (χ0) is 22.2. The number of hydrogen-bond donors (Lipinski definition) is 2. The van der Waals surface area contributed by atoms with E-state index in [1.807, 2.05) is 21.1 Å². The second-order valence-corrected chi connectivity index (χ2v) is 10.0. The van der Waals surface area contributed by atoms with Gasteiger partial charge < -0.3 is 20.0 Å². The molecule has 8 nitrogen and oxygen atoms in total. The third-order valence-corrected chi connectivity index (χ3v) is 5.42. The molecule has 0 rings (SSSR count). The van der Waals surface area contributed by atoms with Crippen molar-refractivity contribution in [2.24, 2.45) is 0 Å². The molecule has 1 unspecified atom stereocenters. The van der Waals surface area contributed by atoms with Crippen LogP contribution in [0.15, 0.2) is 12.2 Å². The molecular weight excluding hydrogens is 409 g/mol. The van der Waals surface area contributed by atoms with Gasteiger partial charge in [0.15, 0.2) is 0 Å². The van der Waals surface area contributed by atoms with Gasteiger partial charge in [0.2, 0.25) is 0 Å². The molecular formula is C21H44NO7P. The molecule has 2 atom stereocenters. The Balaban J connectivity index is 0. The molecule has 0 aliphatic rings. The van der Waals surface area contributed by atoms with E-state index in [0.717, 1.165) is 32.1 Å². The number of allylic oxidation sites excluding steroid dienone is 2. The highest BCUT2D eigenvalue weighted by Crippen LogP contribution is 2.45. The molecule has 180 valence electrons. The zero-order valence-electron chi connectivity index (χ0n) is 19.3. The third-order valence-electron chi connectivity index (χ3n) is 4.35. The first-order valence-corrected chi connectivity index (χ1v) is 12.4. The van der Waals surface area contributed by atoms with Crippen LogP contribution in [0.4, 0.5) is 0 Å². The highest BCUT2D eigenvalue weighted by Gasteiger charge is 2.31. The first kappa shape index (κ1) is 31.4. The van der Waals surface area contributed by atoms with Gasteiger partial charge in [0.1, 0.15) is 12.6 Å². The normalized spacial score (nSPS) is 15.0. The van der Waals surface area contributed by atoms with Gasteiger partial charge in [0, 0.05) is 0 Å². The lowest BCUT2D eigenvalue weighted by Crippen LogP contribution is -2.42. The summed E-state index contributed by atoms with van der Waals surface area (Å²) < 4.78 is 22.7. The molecule has 0 aliphatic carbocycles. The molecule has 0 aliphatic heterocycles. The topological polar surface area (TPSA) is 123 Å². The van der Waals surface area contributed by atoms with Gasteiger partial charge in [-0.25, -0.2) is 4.57 Å². The Morgan fingerprint density at radius 3 is 2.03 bits per heavy atom. The molecule has 3 N–H and O–H groups in total. The van der Waals surface area contributed by atoms with Crippen molar-refractivity contribution in [3.63, 3.8) is 0 Å². The molecule has 0 aromatic rings. The van der Waals surface area contributed by atoms with E-state index in [4.69, 9.17) is 14.2 Å². The van der Waals surface area contributed by atoms with Crippen LogP contribution in [-0.4, -0.2) is 66.3 Å². The predicted octanol–water partition coefficient (Wildman–Crippen LogP) is 4.97. The van der Waals surface area contributed by atoms with Crippen molar-refractivity contribution in [1.82, 2.24) is 0 Å². The number of phosphoric ester groups is 1. The van der Waals surface area contributed by atoms with Crippen molar-refractivity contribution in [3.05, 3.63) is 12.2 Å². The molecule has 9 heteroatoms. The minimum Gasteiger partial charge on any atom is -0.870 e. The molecule has 30 heavy (non-hydrogen) atoms. The summed E-state index contributed by atoms with van der Waals surface area (Å²) in [7, 11) is 1.33. The molecule has 0 saturated carbocycles. The monoisotopic (exact) mass is 453 g/mol. The first-order chi connectivity index (χ1) is 13.6. The summed E-state index contributed by atoms with van der Waals surface area (Å²) >= 11 is 0. The summed E-state index contributed by atoms with van der Waals surface area (Å²) in [5.41, 5.74) is 0. The summed E-state index contributed by atoms with van der Waals surface area (Å²) in [5, 5.41) is 8.97. The smallest absolute Gasteiger partial charge is 0.472 e. The van der Waals surface area contributed by atoms with Crippen LogP contribution in [0, 0.1) is 0 Å². The lowest BCUT2D eigenvalue weighted by atomic mass is 10.1. The quantitative estimate of drug-likeness (QED) is 0.122. The fraction of sp³-hybridized carbons (Fsp3) is 0.857. The van der Waals surface area contributed by atoms with E-state index in [0.29, 0.717) is 17.4 Å². The molecule has 0 heterocycles. The van der Waals surface area contributed by atoms with E-state index < -0.39 is 19.9 Å². The van der Waals surface area contributed by atoms with Crippen molar-refractivity contribution in [3.8, 4) is 0 Å². The van der Waals surface area contributed by atoms with Crippen LogP contribution in [0.25, 0.3) is 0 Å². The van der Waals surface area contributed by atoms with Gasteiger partial charge in [0.05, 0.1) is 34.2 Å². The van der Waals surface area contributed by atoms with Crippen LogP contribution in [-0.2, 0) is 18.4 Å². The van der Waals surface area contributed by atoms with E-state index >= 15 is 0 Å². The van der Waals surface area contributed by atoms with Crippen LogP contribution < -0.4 is 0 Å². The maximum atomic E-state index is 12.1. The number of carboxylic acids is 1. The van der Waals surface area contributed by atoms with Crippen LogP contribution >= 0.6 is 7.82 Å². The number of unbranched alkanes of at least 4 members (excludes halogenated alkanes) is 8. The highest BCUT2D eigenvalue weighted by molar-refractivity contribution is 7.47. The number of likely N-dealkylation sites (N-methyl/N-ethyl adjacent to an activating group) is 1. The molecule has 0 amide bonds. The van der Waals surface area contributed by atoms with Gasteiger partial charge in [-0.1, -0.05) is 51.2 Å². The third kappa shape index (κ3) is 21.9. The Morgan fingerprint density at radius 2 is 1.53 bits per heavy atom. The Hall–Kier alpha value is -0.760. The van der Waals surface area contributed by atoms with E-state index in [9.17, 15) is 14.3 Å². The largest absolute Gasteiger partial charge is 0.870 e. The maximum absolute atomic E-state index is 12.1. The lowest BCUT2D eigenvalue weighted by Gasteiger charge is -2.29. The summed E-state index contributed by atoms with van der Waals surface area (Å²) in [6.45, 7) is 2.65. The van der Waals surface area contributed by atoms with Crippen LogP contribution in [0.5, 0.6) is 0 Å². The number of hydrogen-bond acceptors (Lipinski definition) is 5. The summed E-state index contributed by atoms with van der Waals surface area (Å²) in [5.74, 6) is -1.07. The van der Waals surface area contributed by atoms with Gasteiger partial charge in [-0.3, -0.25) is 13.8 Å². The standard InChI is InChI=1S/C21H42NO6P.H2O/c1-5-6-7-8-9-10-11-12-13-14-15-16-17-27-29(25,26)28-20(18-21(23)24)19-22(2,3)4;/h10-11,20H,5-9,12-19H2,1-4H3,(H-,23,24,25,26);1H2/b11-10-;/t20-;/m1./s1. The SMILES string of the molecule is CCCCCC/C=C\CCCCCCOP(=O)(O)O[C@H](CC(=O)O)C[N+](C)(C)C.[OH-]. The van der Waals surface area contributed by atoms with Gasteiger partial charge in [-0.2, -0.15) is 0 Å². The summed E-state index contributed by atoms with van der Waals surface area (Å²) in [4.78, 5) is 20.8. The summed E-state index contributed by atoms with van der Waals surface area (Å²) in [6, 6.07) is 0. The molecule has 0 aromatic heterocycles. The van der Waals surface area contributed by atoms with Crippen LogP contribution in [0.3, 0.4) is 0 Å². The van der Waals surface area contributed by atoms with Crippen LogP contribution in [0.1, 0.15) is 77.6 Å². The second-order valence-electron chi connectivity index (χ2n) is 8.62. The Labute approximate surface area is 182 Å². The van der Waals surface area contributed by atoms with Gasteiger partial charge in [0.25, 0.3) is 0 Å². The number of aliphatic carboxylic acids is 1. The van der Waals surface area contributed by atoms with E-state index in [2.05, 4.69) is 19.1 Å². The van der Waals surface area contributed by atoms with Crippen molar-refractivity contribution < 1.29 is 38.4 Å². The van der Waals surface area contributed by atoms with Crippen molar-refractivity contribution in [2.75, 3.05) is 34.3 Å². The van der Waals surface area contributed by atoms with Gasteiger partial charge >= 0.3 is 13.8 Å². The fourth-order valence-electron chi connectivity index (χ4n) is 2.98. The number of nitrogens with zero attached hydrogens (tertiary/aromatic N) is 1. The Bertz CT molecular complexity index is 506. The lowest BCUT2D eigenvalue weighted by molar-refractivity contribution is -0.873. The fourth-order valence-corrected chi connectivity index (χ4v) is 3.92. The minimum atomic E-state index is -4.26. The highest BCUT2D eigenvalue weighted by atomic mass is 31.2. The molecule has 0 fully saturated rings. The molecule has 0 aromatic carbocycles. The van der Waals surface area contributed by atoms with E-state index in [-0.39, 0.29) is 18.5 Å². The number of carbonyl (C=O) groups is 1. The molecule has 0 saturated heterocycles. The predicted molar refractivity (Wildman–Crippen MR) is 119 cm³/mol. The van der Waals surface area contributed by atoms with Crippen molar-refractivity contribution >= 4 is 13.8 Å². The average molecular weight is 454 g/mol. The Morgan fingerprint density at radius 1 is 1.00 bits per heavy atom. The number of quaternary nitrogens is 1. The van der Waals surface area contributed by atoms with Crippen molar-refractivity contribution in [2.45, 2.75) is 83.7 Å². The molecule has 0 bridgehead atoms.